The van der Waals surface area contributed by atoms with Crippen LogP contribution in [0, 0.1) is 0 Å². The Morgan fingerprint density at radius 3 is 1.81 bits per heavy atom. The largest absolute Gasteiger partial charge is 0.392 e. The summed E-state index contributed by atoms with van der Waals surface area (Å²) in [6, 6.07) is 0. The highest BCUT2D eigenvalue weighted by molar-refractivity contribution is 4.63. The van der Waals surface area contributed by atoms with Crippen LogP contribution >= 0.6 is 0 Å². The average Bonchev–Trinajstić information content (AvgIpc) is 2.32. The van der Waals surface area contributed by atoms with Gasteiger partial charge in [-0.05, 0) is 45.6 Å². The van der Waals surface area contributed by atoms with Crippen molar-refractivity contribution in [2.75, 3.05) is 39.3 Å². The second kappa shape index (κ2) is 10.1. The highest BCUT2D eigenvalue weighted by Gasteiger charge is 2.08. The van der Waals surface area contributed by atoms with Crippen LogP contribution in [0.5, 0.6) is 0 Å². The lowest BCUT2D eigenvalue weighted by Crippen LogP contribution is -2.34. The van der Waals surface area contributed by atoms with E-state index in [4.69, 9.17) is 0 Å². The molecule has 16 heavy (non-hydrogen) atoms. The van der Waals surface area contributed by atoms with Crippen LogP contribution in [0.2, 0.25) is 0 Å². The molecule has 0 saturated carbocycles. The first kappa shape index (κ1) is 15.9. The zero-order valence-corrected chi connectivity index (χ0v) is 11.6. The van der Waals surface area contributed by atoms with Crippen molar-refractivity contribution in [2.45, 2.75) is 46.6 Å². The summed E-state index contributed by atoms with van der Waals surface area (Å²) in [7, 11) is 0. The summed E-state index contributed by atoms with van der Waals surface area (Å²) in [6.07, 6.45) is 1.90. The van der Waals surface area contributed by atoms with Crippen LogP contribution in [-0.2, 0) is 0 Å². The number of hydrogen-bond acceptors (Lipinski definition) is 3. The predicted octanol–water partition coefficient (Wildman–Crippen LogP) is 1.81. The molecule has 0 bridgehead atoms. The molecule has 1 N–H and O–H groups in total. The highest BCUT2D eigenvalue weighted by Crippen LogP contribution is 1.99. The van der Waals surface area contributed by atoms with Crippen molar-refractivity contribution in [1.82, 2.24) is 9.80 Å². The molecule has 3 heteroatoms. The van der Waals surface area contributed by atoms with Crippen LogP contribution in [0.1, 0.15) is 40.5 Å². The van der Waals surface area contributed by atoms with E-state index >= 15 is 0 Å². The van der Waals surface area contributed by atoms with Gasteiger partial charge < -0.3 is 14.9 Å². The second-order valence-electron chi connectivity index (χ2n) is 4.34. The zero-order valence-electron chi connectivity index (χ0n) is 11.6. The average molecular weight is 230 g/mol. The summed E-state index contributed by atoms with van der Waals surface area (Å²) in [5.74, 6) is 0. The maximum Gasteiger partial charge on any atom is 0.0664 e. The van der Waals surface area contributed by atoms with Crippen molar-refractivity contribution in [3.63, 3.8) is 0 Å². The molecule has 0 aromatic heterocycles. The molecule has 0 aromatic rings. The first-order valence-corrected chi connectivity index (χ1v) is 6.80. The van der Waals surface area contributed by atoms with E-state index in [0.29, 0.717) is 0 Å². The number of rotatable bonds is 10. The van der Waals surface area contributed by atoms with Gasteiger partial charge in [0, 0.05) is 6.54 Å². The fourth-order valence-corrected chi connectivity index (χ4v) is 1.86. The van der Waals surface area contributed by atoms with Crippen LogP contribution in [0.25, 0.3) is 0 Å². The minimum Gasteiger partial charge on any atom is -0.392 e. The van der Waals surface area contributed by atoms with E-state index in [1.807, 2.05) is 6.92 Å². The third-order valence-electron chi connectivity index (χ3n) is 3.23. The predicted molar refractivity (Wildman–Crippen MR) is 70.8 cm³/mol. The lowest BCUT2D eigenvalue weighted by molar-refractivity contribution is 0.109. The van der Waals surface area contributed by atoms with Crippen LogP contribution in [0.3, 0.4) is 0 Å². The maximum atomic E-state index is 9.61. The van der Waals surface area contributed by atoms with Crippen molar-refractivity contribution in [2.24, 2.45) is 0 Å². The van der Waals surface area contributed by atoms with E-state index in [0.717, 1.165) is 39.1 Å². The minimum absolute atomic E-state index is 0.159. The van der Waals surface area contributed by atoms with E-state index in [9.17, 15) is 5.11 Å². The molecule has 98 valence electrons. The number of aliphatic hydroxyl groups excluding tert-OH is 1. The summed E-state index contributed by atoms with van der Waals surface area (Å²) in [6.45, 7) is 15.0. The van der Waals surface area contributed by atoms with E-state index < -0.39 is 0 Å². The van der Waals surface area contributed by atoms with Gasteiger partial charge >= 0.3 is 0 Å². The van der Waals surface area contributed by atoms with Gasteiger partial charge in [0.1, 0.15) is 0 Å². The van der Waals surface area contributed by atoms with Gasteiger partial charge in [0.05, 0.1) is 6.10 Å². The standard InChI is InChI=1S/C13H30N2O/c1-5-13(16)12-15(8-4)11-9-10-14(6-2)7-3/h13,16H,5-12H2,1-4H3. The SMILES string of the molecule is CCC(O)CN(CC)CCCN(CC)CC. The van der Waals surface area contributed by atoms with Gasteiger partial charge in [0.2, 0.25) is 0 Å². The molecule has 0 spiro atoms. The van der Waals surface area contributed by atoms with Gasteiger partial charge in [-0.15, -0.1) is 0 Å². The van der Waals surface area contributed by atoms with Crippen molar-refractivity contribution >= 4 is 0 Å². The van der Waals surface area contributed by atoms with E-state index in [1.165, 1.54) is 13.0 Å². The molecule has 0 aliphatic heterocycles. The molecule has 0 fully saturated rings. The van der Waals surface area contributed by atoms with Crippen LogP contribution in [-0.4, -0.2) is 60.3 Å². The van der Waals surface area contributed by atoms with Crippen molar-refractivity contribution in [3.05, 3.63) is 0 Å². The monoisotopic (exact) mass is 230 g/mol. The second-order valence-corrected chi connectivity index (χ2v) is 4.34. The molecule has 0 saturated heterocycles. The van der Waals surface area contributed by atoms with Gasteiger partial charge in [-0.25, -0.2) is 0 Å². The fraction of sp³-hybridized carbons (Fsp3) is 1.00. The molecule has 0 aliphatic carbocycles. The third-order valence-corrected chi connectivity index (χ3v) is 3.23. The topological polar surface area (TPSA) is 26.7 Å². The van der Waals surface area contributed by atoms with Gasteiger partial charge in [-0.2, -0.15) is 0 Å². The van der Waals surface area contributed by atoms with Gasteiger partial charge in [-0.3, -0.25) is 0 Å². The zero-order chi connectivity index (χ0) is 12.4. The summed E-state index contributed by atoms with van der Waals surface area (Å²) in [5.41, 5.74) is 0. The fourth-order valence-electron chi connectivity index (χ4n) is 1.86. The summed E-state index contributed by atoms with van der Waals surface area (Å²) < 4.78 is 0. The Bertz CT molecular complexity index is 149. The summed E-state index contributed by atoms with van der Waals surface area (Å²) in [5, 5.41) is 9.61. The van der Waals surface area contributed by atoms with E-state index in [1.54, 1.807) is 0 Å². The maximum absolute atomic E-state index is 9.61. The molecule has 0 amide bonds. The number of likely N-dealkylation sites (N-methyl/N-ethyl adjacent to an activating group) is 1. The first-order chi connectivity index (χ1) is 7.67. The van der Waals surface area contributed by atoms with E-state index in [-0.39, 0.29) is 6.10 Å². The Labute approximate surface area is 101 Å². The normalized spacial score (nSPS) is 13.7. The first-order valence-electron chi connectivity index (χ1n) is 6.80. The number of aliphatic hydroxyl groups is 1. The molecule has 0 rings (SSSR count). The molecule has 1 atom stereocenters. The molecule has 1 unspecified atom stereocenters. The van der Waals surface area contributed by atoms with Crippen LogP contribution < -0.4 is 0 Å². The van der Waals surface area contributed by atoms with Crippen molar-refractivity contribution < 1.29 is 5.11 Å². The van der Waals surface area contributed by atoms with Crippen molar-refractivity contribution in [1.29, 1.82) is 0 Å². The van der Waals surface area contributed by atoms with Gasteiger partial charge in [0.15, 0.2) is 0 Å². The summed E-state index contributed by atoms with van der Waals surface area (Å²) >= 11 is 0. The third kappa shape index (κ3) is 7.20. The molecule has 0 aromatic carbocycles. The minimum atomic E-state index is -0.159. The number of nitrogens with zero attached hydrogens (tertiary/aromatic N) is 2. The van der Waals surface area contributed by atoms with Gasteiger partial charge in [0.25, 0.3) is 0 Å². The molecular formula is C13H30N2O. The van der Waals surface area contributed by atoms with Crippen molar-refractivity contribution in [3.8, 4) is 0 Å². The Morgan fingerprint density at radius 1 is 0.875 bits per heavy atom. The molecule has 0 radical (unpaired) electrons. The highest BCUT2D eigenvalue weighted by atomic mass is 16.3. The molecule has 3 nitrogen and oxygen atoms in total. The van der Waals surface area contributed by atoms with Gasteiger partial charge in [-0.1, -0.05) is 27.7 Å². The lowest BCUT2D eigenvalue weighted by Gasteiger charge is -2.25. The lowest BCUT2D eigenvalue weighted by atomic mass is 10.2. The Balaban J connectivity index is 3.69. The van der Waals surface area contributed by atoms with Crippen LogP contribution in [0.15, 0.2) is 0 Å². The van der Waals surface area contributed by atoms with Crippen LogP contribution in [0.4, 0.5) is 0 Å². The van der Waals surface area contributed by atoms with E-state index in [2.05, 4.69) is 30.6 Å². The smallest absolute Gasteiger partial charge is 0.0664 e. The summed E-state index contributed by atoms with van der Waals surface area (Å²) in [4.78, 5) is 4.79. The Hall–Kier alpha value is -0.120. The Kier molecular flexibility index (Phi) is 9.99. The molecular weight excluding hydrogens is 200 g/mol. The molecule has 0 heterocycles. The molecule has 0 aliphatic rings. The quantitative estimate of drug-likeness (QED) is 0.620. The Morgan fingerprint density at radius 2 is 1.38 bits per heavy atom. The number of hydrogen-bond donors (Lipinski definition) is 1.